The topological polar surface area (TPSA) is 75.5 Å². The van der Waals surface area contributed by atoms with E-state index in [1.807, 2.05) is 0 Å². The standard InChI is InChI=1S/C25H29N3O3/c1-19(2)28(15-9-10-16-31-18-23(29)30)22-17-26-24(20-11-5-3-6-12-20)25(27-22)21-13-7-4-8-14-21/h3-8,11-14,17,19H,9-10,15-16,18H2,1-2H3,(H,29,30)/i1D3,2D3,9D2,16D2,18D2,19D. The van der Waals surface area contributed by atoms with Crippen molar-refractivity contribution in [2.24, 2.45) is 0 Å². The molecule has 1 aromatic heterocycles. The highest BCUT2D eigenvalue weighted by Crippen LogP contribution is 2.30. The molecular formula is C25H29N3O3. The molecule has 1 heterocycles. The Morgan fingerprint density at radius 1 is 1.13 bits per heavy atom. The van der Waals surface area contributed by atoms with Gasteiger partial charge in [0, 0.05) is 41.2 Å². The number of carboxylic acids is 1. The maximum Gasteiger partial charge on any atom is 0.329 e. The van der Waals surface area contributed by atoms with Gasteiger partial charge in [0.1, 0.15) is 12.4 Å². The van der Waals surface area contributed by atoms with E-state index < -0.39 is 64.0 Å². The number of hydrogen-bond donors (Lipinski definition) is 1. The molecule has 0 aliphatic rings. The Bertz CT molecular complexity index is 1440. The van der Waals surface area contributed by atoms with Gasteiger partial charge in [-0.1, -0.05) is 60.7 Å². The lowest BCUT2D eigenvalue weighted by Gasteiger charge is -2.28. The summed E-state index contributed by atoms with van der Waals surface area (Å²) in [6.07, 6.45) is -3.35. The normalized spacial score (nSPS) is 19.7. The van der Waals surface area contributed by atoms with Crippen LogP contribution >= 0.6 is 0 Å². The molecule has 3 aromatic rings. The Morgan fingerprint density at radius 2 is 1.77 bits per heavy atom. The Balaban J connectivity index is 2.24. The second kappa shape index (κ2) is 11.2. The fraction of sp³-hybridized carbons (Fsp3) is 0.320. The maximum absolute atomic E-state index is 11.1. The van der Waals surface area contributed by atoms with Crippen molar-refractivity contribution in [3.8, 4) is 22.5 Å². The molecule has 0 spiro atoms. The molecule has 0 aliphatic carbocycles. The Labute approximate surface area is 201 Å². The molecule has 0 saturated carbocycles. The number of anilines is 1. The molecule has 0 amide bonds. The van der Waals surface area contributed by atoms with Crippen molar-refractivity contribution in [1.29, 1.82) is 0 Å². The van der Waals surface area contributed by atoms with E-state index >= 15 is 0 Å². The van der Waals surface area contributed by atoms with Crippen LogP contribution in [-0.2, 0) is 9.53 Å². The van der Waals surface area contributed by atoms with Crippen molar-refractivity contribution in [3.63, 3.8) is 0 Å². The third-order valence-electron chi connectivity index (χ3n) is 4.08. The van der Waals surface area contributed by atoms with E-state index in [1.54, 1.807) is 60.7 Å². The molecule has 6 heteroatoms. The molecule has 0 radical (unpaired) electrons. The number of hydrogen-bond acceptors (Lipinski definition) is 5. The molecule has 0 atom stereocenters. The molecule has 1 N–H and O–H groups in total. The van der Waals surface area contributed by atoms with Crippen molar-refractivity contribution in [2.45, 2.75) is 32.5 Å². The Hall–Kier alpha value is -3.25. The molecule has 31 heavy (non-hydrogen) atoms. The summed E-state index contributed by atoms with van der Waals surface area (Å²) in [5.41, 5.74) is 1.52. The Morgan fingerprint density at radius 3 is 2.39 bits per heavy atom. The molecule has 0 bridgehead atoms. The third kappa shape index (κ3) is 6.36. The van der Waals surface area contributed by atoms with Crippen molar-refractivity contribution in [1.82, 2.24) is 9.97 Å². The Kier molecular flexibility index (Phi) is 3.93. The average molecular weight is 433 g/mol. The minimum atomic E-state index is -3.61. The first kappa shape index (κ1) is 10.9. The lowest BCUT2D eigenvalue weighted by molar-refractivity contribution is -0.142. The predicted molar refractivity (Wildman–Crippen MR) is 123 cm³/mol. The summed E-state index contributed by atoms with van der Waals surface area (Å²) in [7, 11) is 0. The molecular weight excluding hydrogens is 390 g/mol. The minimum absolute atomic E-state index is 0.145. The van der Waals surface area contributed by atoms with Gasteiger partial charge in [-0.15, -0.1) is 0 Å². The first-order chi connectivity index (χ1) is 20.0. The number of carboxylic acid groups (broad SMARTS) is 1. The zero-order valence-electron chi connectivity index (χ0n) is 29.4. The van der Waals surface area contributed by atoms with Gasteiger partial charge in [-0.2, -0.15) is 0 Å². The van der Waals surface area contributed by atoms with Gasteiger partial charge in [-0.25, -0.2) is 9.78 Å². The van der Waals surface area contributed by atoms with Gasteiger partial charge in [-0.05, 0) is 26.5 Å². The smallest absolute Gasteiger partial charge is 0.329 e. The summed E-state index contributed by atoms with van der Waals surface area (Å²) in [6, 6.07) is 13.6. The number of nitrogens with zero attached hydrogens (tertiary/aromatic N) is 3. The molecule has 0 aliphatic heterocycles. The van der Waals surface area contributed by atoms with E-state index in [9.17, 15) is 4.79 Å². The first-order valence-electron chi connectivity index (χ1n) is 15.7. The predicted octanol–water partition coefficient (Wildman–Crippen LogP) is 4.91. The molecule has 2 aromatic carbocycles. The van der Waals surface area contributed by atoms with Crippen LogP contribution in [0.2, 0.25) is 0 Å². The number of aromatic nitrogens is 2. The summed E-state index contributed by atoms with van der Waals surface area (Å²) < 4.78 is 109. The monoisotopic (exact) mass is 432 g/mol. The second-order valence-electron chi connectivity index (χ2n) is 6.17. The number of benzene rings is 2. The van der Waals surface area contributed by atoms with Crippen LogP contribution in [0.3, 0.4) is 0 Å². The minimum Gasteiger partial charge on any atom is -0.480 e. The number of ether oxygens (including phenoxy) is 1. The summed E-state index contributed by atoms with van der Waals surface area (Å²) in [5, 5.41) is 8.97. The van der Waals surface area contributed by atoms with Crippen LogP contribution in [0.15, 0.2) is 66.9 Å². The summed E-state index contributed by atoms with van der Waals surface area (Å²) >= 11 is 0. The van der Waals surface area contributed by atoms with Crippen LogP contribution < -0.4 is 4.90 Å². The summed E-state index contributed by atoms with van der Waals surface area (Å²) in [5.74, 6) is -2.71. The molecule has 0 unspecified atom stereocenters. The SMILES string of the molecule is [2H]C([2H])(CN(c1cnc(-c2ccccc2)c(-c2ccccc2)n1)C([2H])(C([2H])([2H])[2H])C([2H])([2H])[2H])CC([2H])([2H])OC([2H])([2H])C(=O)O. The zero-order chi connectivity index (χ0) is 33.4. The van der Waals surface area contributed by atoms with Gasteiger partial charge in [-0.3, -0.25) is 4.98 Å². The molecule has 0 saturated heterocycles. The fourth-order valence-corrected chi connectivity index (χ4v) is 2.72. The van der Waals surface area contributed by atoms with Gasteiger partial charge in [0.05, 0.1) is 24.4 Å². The van der Waals surface area contributed by atoms with Gasteiger partial charge >= 0.3 is 5.97 Å². The lowest BCUT2D eigenvalue weighted by Crippen LogP contribution is -2.33. The van der Waals surface area contributed by atoms with E-state index in [0.29, 0.717) is 21.7 Å². The fourth-order valence-electron chi connectivity index (χ4n) is 2.72. The van der Waals surface area contributed by atoms with E-state index in [-0.39, 0.29) is 5.69 Å². The zero-order valence-corrected chi connectivity index (χ0v) is 16.4. The highest BCUT2D eigenvalue weighted by Gasteiger charge is 2.17. The van der Waals surface area contributed by atoms with Crippen LogP contribution in [0.25, 0.3) is 22.5 Å². The first-order valence-corrected chi connectivity index (χ1v) is 9.20. The van der Waals surface area contributed by atoms with E-state index in [4.69, 9.17) is 22.9 Å². The van der Waals surface area contributed by atoms with Crippen molar-refractivity contribution in [3.05, 3.63) is 66.9 Å². The van der Waals surface area contributed by atoms with Crippen LogP contribution in [0.5, 0.6) is 0 Å². The number of rotatable bonds is 11. The second-order valence-corrected chi connectivity index (χ2v) is 6.17. The highest BCUT2D eigenvalue weighted by atomic mass is 16.5. The van der Waals surface area contributed by atoms with E-state index in [1.165, 1.54) is 0 Å². The quantitative estimate of drug-likeness (QED) is 0.464. The average Bonchev–Trinajstić information content (AvgIpc) is 2.89. The molecule has 6 nitrogen and oxygen atoms in total. The molecule has 162 valence electrons. The molecule has 3 rings (SSSR count). The van der Waals surface area contributed by atoms with Crippen LogP contribution in [0, 0.1) is 0 Å². The molecule has 0 fully saturated rings. The largest absolute Gasteiger partial charge is 0.480 e. The highest BCUT2D eigenvalue weighted by molar-refractivity contribution is 5.78. The summed E-state index contributed by atoms with van der Waals surface area (Å²) in [4.78, 5) is 20.4. The van der Waals surface area contributed by atoms with Gasteiger partial charge in [0.25, 0.3) is 0 Å². The van der Waals surface area contributed by atoms with Crippen molar-refractivity contribution >= 4 is 11.8 Å². The van der Waals surface area contributed by atoms with Crippen LogP contribution in [0.4, 0.5) is 5.82 Å². The van der Waals surface area contributed by atoms with Gasteiger partial charge in [0.15, 0.2) is 0 Å². The van der Waals surface area contributed by atoms with E-state index in [2.05, 4.69) is 14.7 Å². The van der Waals surface area contributed by atoms with Gasteiger partial charge < -0.3 is 14.7 Å². The third-order valence-corrected chi connectivity index (χ3v) is 4.08. The van der Waals surface area contributed by atoms with Crippen LogP contribution in [-0.4, -0.2) is 46.7 Å². The number of carbonyl (C=O) groups is 1. The van der Waals surface area contributed by atoms with Crippen LogP contribution in [0.1, 0.15) is 44.3 Å². The summed E-state index contributed by atoms with van der Waals surface area (Å²) in [6.45, 7) is -15.3. The number of aliphatic carboxylic acids is 1. The van der Waals surface area contributed by atoms with Gasteiger partial charge in [0.2, 0.25) is 0 Å². The van der Waals surface area contributed by atoms with E-state index in [0.717, 1.165) is 6.20 Å². The van der Waals surface area contributed by atoms with Crippen molar-refractivity contribution < 1.29 is 32.5 Å². The maximum atomic E-state index is 11.1. The van der Waals surface area contributed by atoms with Crippen molar-refractivity contribution in [2.75, 3.05) is 24.6 Å². The lowest BCUT2D eigenvalue weighted by atomic mass is 10.0.